The zero-order chi connectivity index (χ0) is 19.1. The Morgan fingerprint density at radius 3 is 1.75 bits per heavy atom. The van der Waals surface area contributed by atoms with Crippen molar-refractivity contribution in [2.75, 3.05) is 4.90 Å². The number of carbonyl (C=O) groups excluding carboxylic acids is 2. The highest BCUT2D eigenvalue weighted by molar-refractivity contribution is 6.35. The van der Waals surface area contributed by atoms with Crippen LogP contribution in [0.5, 0.6) is 0 Å². The van der Waals surface area contributed by atoms with Gasteiger partial charge in [-0.1, -0.05) is 66.7 Å². The van der Waals surface area contributed by atoms with E-state index in [9.17, 15) is 9.59 Å². The lowest BCUT2D eigenvalue weighted by Crippen LogP contribution is -2.30. The number of benzene rings is 3. The van der Waals surface area contributed by atoms with E-state index in [1.165, 1.54) is 4.90 Å². The normalized spacial score (nSPS) is 13.1. The lowest BCUT2D eigenvalue weighted by atomic mass is 10.1. The molecule has 0 radical (unpaired) electrons. The molecule has 0 fully saturated rings. The number of carbonyl (C=O) groups is 2. The van der Waals surface area contributed by atoms with Crippen LogP contribution in [-0.2, 0) is 0 Å². The quantitative estimate of drug-likeness (QED) is 0.508. The second-order valence-electron chi connectivity index (χ2n) is 6.47. The molecule has 5 heteroatoms. The van der Waals surface area contributed by atoms with Crippen LogP contribution >= 0.6 is 0 Å². The van der Waals surface area contributed by atoms with Gasteiger partial charge in [0.2, 0.25) is 0 Å². The van der Waals surface area contributed by atoms with Gasteiger partial charge in [0.15, 0.2) is 0 Å². The maximum atomic E-state index is 13.3. The van der Waals surface area contributed by atoms with Crippen molar-refractivity contribution < 1.29 is 9.59 Å². The highest BCUT2D eigenvalue weighted by atomic mass is 16.2. The standard InChI is InChI=1S/C23H15N3O2/c27-22-19-20(16-10-4-1-5-11-16)24-26(18-14-8-3-9-15-18)21(19)23(28)25(22)17-12-6-2-7-13-17/h1-15H. The van der Waals surface area contributed by atoms with E-state index in [1.807, 2.05) is 66.7 Å². The van der Waals surface area contributed by atoms with Crippen LogP contribution in [-0.4, -0.2) is 21.6 Å². The molecular formula is C23H15N3O2. The molecule has 28 heavy (non-hydrogen) atoms. The molecule has 0 atom stereocenters. The van der Waals surface area contributed by atoms with Crippen LogP contribution in [0.2, 0.25) is 0 Å². The lowest BCUT2D eigenvalue weighted by molar-refractivity contribution is 0.0922. The number of amides is 2. The number of para-hydroxylation sites is 2. The largest absolute Gasteiger partial charge is 0.284 e. The first kappa shape index (κ1) is 16.2. The Morgan fingerprint density at radius 2 is 1.14 bits per heavy atom. The molecule has 1 aromatic heterocycles. The maximum absolute atomic E-state index is 13.3. The van der Waals surface area contributed by atoms with Gasteiger partial charge in [0, 0.05) is 5.56 Å². The number of aromatic nitrogens is 2. The molecule has 0 saturated carbocycles. The minimum absolute atomic E-state index is 0.291. The average Bonchev–Trinajstić information content (AvgIpc) is 3.27. The zero-order valence-electron chi connectivity index (χ0n) is 14.8. The first-order chi connectivity index (χ1) is 13.8. The molecule has 3 aromatic carbocycles. The lowest BCUT2D eigenvalue weighted by Gasteiger charge is -2.15. The fourth-order valence-electron chi connectivity index (χ4n) is 3.49. The Balaban J connectivity index is 1.76. The van der Waals surface area contributed by atoms with Gasteiger partial charge < -0.3 is 0 Å². The molecule has 0 aliphatic carbocycles. The Hall–Kier alpha value is -3.99. The predicted molar refractivity (Wildman–Crippen MR) is 107 cm³/mol. The van der Waals surface area contributed by atoms with Gasteiger partial charge in [0.05, 0.1) is 16.9 Å². The SMILES string of the molecule is O=C1c2c(-c3ccccc3)nn(-c3ccccc3)c2C(=O)N1c1ccccc1. The number of nitrogens with zero attached hydrogens (tertiary/aromatic N) is 3. The average molecular weight is 365 g/mol. The summed E-state index contributed by atoms with van der Waals surface area (Å²) in [5.74, 6) is -0.725. The van der Waals surface area contributed by atoms with Gasteiger partial charge in [-0.15, -0.1) is 0 Å². The molecule has 0 bridgehead atoms. The van der Waals surface area contributed by atoms with Crippen molar-refractivity contribution in [3.63, 3.8) is 0 Å². The molecule has 0 N–H and O–H groups in total. The highest BCUT2D eigenvalue weighted by Crippen LogP contribution is 2.36. The third-order valence-electron chi connectivity index (χ3n) is 4.77. The molecule has 4 aromatic rings. The number of imide groups is 1. The van der Waals surface area contributed by atoms with Crippen molar-refractivity contribution in [3.8, 4) is 16.9 Å². The topological polar surface area (TPSA) is 55.2 Å². The minimum atomic E-state index is -0.371. The van der Waals surface area contributed by atoms with Crippen LogP contribution in [0, 0.1) is 0 Å². The van der Waals surface area contributed by atoms with E-state index in [2.05, 4.69) is 5.10 Å². The molecule has 0 unspecified atom stereocenters. The van der Waals surface area contributed by atoms with E-state index in [1.54, 1.807) is 28.9 Å². The summed E-state index contributed by atoms with van der Waals surface area (Å²) in [6, 6.07) is 27.8. The van der Waals surface area contributed by atoms with Gasteiger partial charge in [-0.05, 0) is 24.3 Å². The van der Waals surface area contributed by atoms with Gasteiger partial charge in [0.25, 0.3) is 11.8 Å². The highest BCUT2D eigenvalue weighted by Gasteiger charge is 2.43. The fourth-order valence-corrected chi connectivity index (χ4v) is 3.49. The number of fused-ring (bicyclic) bond motifs is 1. The summed E-state index contributed by atoms with van der Waals surface area (Å²) < 4.78 is 1.57. The molecule has 2 heterocycles. The molecular weight excluding hydrogens is 350 g/mol. The van der Waals surface area contributed by atoms with Crippen molar-refractivity contribution in [2.45, 2.75) is 0 Å². The van der Waals surface area contributed by atoms with E-state index < -0.39 is 0 Å². The van der Waals surface area contributed by atoms with Crippen LogP contribution in [0.4, 0.5) is 5.69 Å². The van der Waals surface area contributed by atoms with Crippen molar-refractivity contribution in [2.24, 2.45) is 0 Å². The third-order valence-corrected chi connectivity index (χ3v) is 4.77. The maximum Gasteiger partial charge on any atom is 0.284 e. The van der Waals surface area contributed by atoms with E-state index in [0.717, 1.165) is 11.3 Å². The molecule has 1 aliphatic heterocycles. The smallest absolute Gasteiger partial charge is 0.268 e. The Morgan fingerprint density at radius 1 is 0.607 bits per heavy atom. The number of hydrogen-bond acceptors (Lipinski definition) is 3. The van der Waals surface area contributed by atoms with Crippen LogP contribution < -0.4 is 4.90 Å². The fraction of sp³-hybridized carbons (Fsp3) is 0. The van der Waals surface area contributed by atoms with E-state index in [4.69, 9.17) is 0 Å². The van der Waals surface area contributed by atoms with E-state index in [0.29, 0.717) is 22.6 Å². The van der Waals surface area contributed by atoms with Crippen LogP contribution in [0.25, 0.3) is 16.9 Å². The molecule has 5 nitrogen and oxygen atoms in total. The summed E-state index contributed by atoms with van der Waals surface area (Å²) in [5, 5.41) is 4.65. The number of rotatable bonds is 3. The third kappa shape index (κ3) is 2.37. The number of hydrogen-bond donors (Lipinski definition) is 0. The second kappa shape index (κ2) is 6.32. The Kier molecular flexibility index (Phi) is 3.66. The van der Waals surface area contributed by atoms with Crippen molar-refractivity contribution >= 4 is 17.5 Å². The van der Waals surface area contributed by atoms with Crippen LogP contribution in [0.1, 0.15) is 20.8 Å². The Labute approximate surface area is 161 Å². The zero-order valence-corrected chi connectivity index (χ0v) is 14.8. The van der Waals surface area contributed by atoms with Gasteiger partial charge in [-0.25, -0.2) is 9.58 Å². The van der Waals surface area contributed by atoms with Gasteiger partial charge in [-0.2, -0.15) is 5.10 Å². The summed E-state index contributed by atoms with van der Waals surface area (Å²) in [6.07, 6.45) is 0. The first-order valence-corrected chi connectivity index (χ1v) is 8.93. The van der Waals surface area contributed by atoms with Crippen LogP contribution in [0.3, 0.4) is 0 Å². The number of anilines is 1. The summed E-state index contributed by atoms with van der Waals surface area (Å²) in [4.78, 5) is 27.8. The van der Waals surface area contributed by atoms with Gasteiger partial charge in [0.1, 0.15) is 11.4 Å². The molecule has 134 valence electrons. The minimum Gasteiger partial charge on any atom is -0.268 e. The Bertz CT molecular complexity index is 1110. The molecule has 0 spiro atoms. The van der Waals surface area contributed by atoms with E-state index >= 15 is 0 Å². The van der Waals surface area contributed by atoms with Crippen molar-refractivity contribution in [1.29, 1.82) is 0 Å². The predicted octanol–water partition coefficient (Wildman–Crippen LogP) is 4.34. The summed E-state index contributed by atoms with van der Waals surface area (Å²) in [5.41, 5.74) is 3.22. The van der Waals surface area contributed by atoms with Gasteiger partial charge >= 0.3 is 0 Å². The molecule has 1 aliphatic rings. The van der Waals surface area contributed by atoms with Gasteiger partial charge in [-0.3, -0.25) is 9.59 Å². The molecule has 0 saturated heterocycles. The van der Waals surface area contributed by atoms with E-state index in [-0.39, 0.29) is 11.8 Å². The first-order valence-electron chi connectivity index (χ1n) is 8.93. The molecule has 2 amide bonds. The van der Waals surface area contributed by atoms with Crippen molar-refractivity contribution in [3.05, 3.63) is 102 Å². The second-order valence-corrected chi connectivity index (χ2v) is 6.47. The summed E-state index contributed by atoms with van der Waals surface area (Å²) >= 11 is 0. The van der Waals surface area contributed by atoms with Crippen molar-refractivity contribution in [1.82, 2.24) is 9.78 Å². The molecule has 5 rings (SSSR count). The monoisotopic (exact) mass is 365 g/mol. The van der Waals surface area contributed by atoms with Crippen LogP contribution in [0.15, 0.2) is 91.0 Å². The summed E-state index contributed by atoms with van der Waals surface area (Å²) in [7, 11) is 0. The summed E-state index contributed by atoms with van der Waals surface area (Å²) in [6.45, 7) is 0.